The summed E-state index contributed by atoms with van der Waals surface area (Å²) in [6, 6.07) is -1.17. The molecule has 88 heavy (non-hydrogen) atoms. The molecular formula is C77H153NO10. The molecule has 1 aliphatic heterocycles. The molecule has 0 aliphatic carbocycles. The van der Waals surface area contributed by atoms with Crippen LogP contribution in [0.3, 0.4) is 0 Å². The highest BCUT2D eigenvalue weighted by Crippen LogP contribution is 2.25. The summed E-state index contributed by atoms with van der Waals surface area (Å²) in [6.45, 7) is 3.54. The van der Waals surface area contributed by atoms with Crippen LogP contribution in [0.5, 0.6) is 0 Å². The van der Waals surface area contributed by atoms with Crippen molar-refractivity contribution < 1.29 is 50.0 Å². The average molecular weight is 1250 g/mol. The fourth-order valence-electron chi connectivity index (χ4n) is 13.4. The van der Waals surface area contributed by atoms with Crippen LogP contribution in [-0.2, 0) is 14.3 Å². The van der Waals surface area contributed by atoms with E-state index in [1.165, 1.54) is 340 Å². The number of hydrogen-bond donors (Lipinski definition) is 8. The minimum atomic E-state index is -1.66. The van der Waals surface area contributed by atoms with Crippen LogP contribution in [0.2, 0.25) is 0 Å². The smallest absolute Gasteiger partial charge is 0.249 e. The Kier molecular flexibility index (Phi) is 64.0. The Labute approximate surface area is 545 Å². The Morgan fingerprint density at radius 2 is 0.591 bits per heavy atom. The fourth-order valence-corrected chi connectivity index (χ4v) is 13.4. The third kappa shape index (κ3) is 52.5. The van der Waals surface area contributed by atoms with Crippen molar-refractivity contribution in [2.24, 2.45) is 0 Å². The first kappa shape index (κ1) is 85.1. The zero-order chi connectivity index (χ0) is 63.9. The van der Waals surface area contributed by atoms with Gasteiger partial charge in [-0.05, 0) is 12.8 Å². The molecular weight excluding hydrogens is 1100 g/mol. The summed E-state index contributed by atoms with van der Waals surface area (Å²) in [4.78, 5) is 13.3. The number of hydrogen-bond acceptors (Lipinski definition) is 10. The van der Waals surface area contributed by atoms with Crippen LogP contribution in [0.25, 0.3) is 0 Å². The maximum atomic E-state index is 13.3. The van der Waals surface area contributed by atoms with Crippen molar-refractivity contribution in [3.63, 3.8) is 0 Å². The molecule has 1 fully saturated rings. The van der Waals surface area contributed by atoms with E-state index < -0.39 is 74.2 Å². The fraction of sp³-hybridized carbons (Fsp3) is 0.987. The number of amides is 1. The van der Waals surface area contributed by atoms with E-state index in [0.717, 1.165) is 38.5 Å². The summed E-state index contributed by atoms with van der Waals surface area (Å²) >= 11 is 0. The van der Waals surface area contributed by atoms with Crippen LogP contribution in [0, 0.1) is 0 Å². The number of aliphatic hydroxyl groups excluding tert-OH is 7. The van der Waals surface area contributed by atoms with Crippen LogP contribution < -0.4 is 5.32 Å². The molecule has 9 atom stereocenters. The lowest BCUT2D eigenvalue weighted by atomic mass is 9.98. The molecule has 0 aromatic carbocycles. The summed E-state index contributed by atoms with van der Waals surface area (Å²) in [5.74, 6) is -0.685. The van der Waals surface area contributed by atoms with Gasteiger partial charge in [0.1, 0.15) is 36.6 Å². The van der Waals surface area contributed by atoms with Crippen molar-refractivity contribution in [3.8, 4) is 0 Å². The molecule has 0 aromatic heterocycles. The van der Waals surface area contributed by atoms with Crippen molar-refractivity contribution in [3.05, 3.63) is 0 Å². The van der Waals surface area contributed by atoms with Gasteiger partial charge in [0.25, 0.3) is 0 Å². The summed E-state index contributed by atoms with van der Waals surface area (Å²) in [5, 5.41) is 76.7. The van der Waals surface area contributed by atoms with Gasteiger partial charge in [-0.2, -0.15) is 0 Å². The second-order valence-corrected chi connectivity index (χ2v) is 28.2. The Morgan fingerprint density at radius 1 is 0.352 bits per heavy atom. The zero-order valence-electron chi connectivity index (χ0n) is 58.5. The lowest BCUT2D eigenvalue weighted by Gasteiger charge is -2.40. The molecule has 0 aromatic rings. The van der Waals surface area contributed by atoms with Gasteiger partial charge >= 0.3 is 0 Å². The number of ether oxygens (including phenoxy) is 2. The van der Waals surface area contributed by atoms with Gasteiger partial charge in [0.2, 0.25) is 5.91 Å². The lowest BCUT2D eigenvalue weighted by molar-refractivity contribution is -0.303. The number of nitrogens with one attached hydrogen (secondary N) is 1. The predicted molar refractivity (Wildman–Crippen MR) is 372 cm³/mol. The van der Waals surface area contributed by atoms with Crippen molar-refractivity contribution in [1.29, 1.82) is 0 Å². The van der Waals surface area contributed by atoms with E-state index in [1.54, 1.807) is 0 Å². The topological polar surface area (TPSA) is 189 Å². The Morgan fingerprint density at radius 3 is 0.841 bits per heavy atom. The minimum absolute atomic E-state index is 0.268. The van der Waals surface area contributed by atoms with Crippen LogP contribution in [0.15, 0.2) is 0 Å². The van der Waals surface area contributed by atoms with Gasteiger partial charge in [-0.3, -0.25) is 4.79 Å². The van der Waals surface area contributed by atoms with E-state index in [4.69, 9.17) is 9.47 Å². The van der Waals surface area contributed by atoms with Gasteiger partial charge in [0.15, 0.2) is 6.29 Å². The van der Waals surface area contributed by atoms with E-state index in [0.29, 0.717) is 19.3 Å². The highest BCUT2D eigenvalue weighted by atomic mass is 16.7. The number of unbranched alkanes of at least 4 members (excludes halogenated alkanes) is 59. The molecule has 1 amide bonds. The third-order valence-electron chi connectivity index (χ3n) is 19.7. The van der Waals surface area contributed by atoms with Crippen molar-refractivity contribution in [2.45, 2.75) is 473 Å². The quantitative estimate of drug-likeness (QED) is 0.0272. The monoisotopic (exact) mass is 1250 g/mol. The molecule has 1 saturated heterocycles. The second-order valence-electron chi connectivity index (χ2n) is 28.2. The Bertz CT molecular complexity index is 1390. The van der Waals surface area contributed by atoms with Crippen LogP contribution in [-0.4, -0.2) is 110 Å². The molecule has 8 N–H and O–H groups in total. The first-order chi connectivity index (χ1) is 43.2. The third-order valence-corrected chi connectivity index (χ3v) is 19.7. The molecule has 9 unspecified atom stereocenters. The van der Waals surface area contributed by atoms with E-state index in [9.17, 15) is 40.5 Å². The largest absolute Gasteiger partial charge is 0.394 e. The van der Waals surface area contributed by atoms with Gasteiger partial charge in [-0.25, -0.2) is 0 Å². The van der Waals surface area contributed by atoms with E-state index in [2.05, 4.69) is 19.2 Å². The van der Waals surface area contributed by atoms with Crippen LogP contribution >= 0.6 is 0 Å². The molecule has 0 bridgehead atoms. The summed E-state index contributed by atoms with van der Waals surface area (Å²) in [7, 11) is 0. The maximum Gasteiger partial charge on any atom is 0.249 e. The molecule has 0 radical (unpaired) electrons. The van der Waals surface area contributed by atoms with Gasteiger partial charge < -0.3 is 50.5 Å². The molecule has 1 heterocycles. The molecule has 1 aliphatic rings. The molecule has 11 heteroatoms. The normalized spacial score (nSPS) is 18.5. The van der Waals surface area contributed by atoms with E-state index in [1.807, 2.05) is 0 Å². The standard InChI is InChI=1S/C77H153NO10/c1-3-5-7-9-11-13-15-17-19-21-23-25-27-29-30-31-32-33-34-35-36-37-38-39-41-43-45-47-49-51-53-55-57-59-61-63-65-70(81)76(86)78-68(67-87-77-75(85)74(84)73(83)71(66-79)88-77)72(82)69(80)64-62-60-58-56-54-52-50-48-46-44-42-40-28-26-24-22-20-18-16-14-12-10-8-6-4-2/h68-75,77,79-85H,3-67H2,1-2H3,(H,78,86). The Balaban J connectivity index is 2.11. The molecule has 0 saturated carbocycles. The first-order valence-electron chi connectivity index (χ1n) is 39.4. The lowest BCUT2D eigenvalue weighted by Crippen LogP contribution is -2.60. The summed E-state index contributed by atoms with van der Waals surface area (Å²) < 4.78 is 11.2. The molecule has 526 valence electrons. The highest BCUT2D eigenvalue weighted by Gasteiger charge is 2.44. The molecule has 0 spiro atoms. The second kappa shape index (κ2) is 66.1. The van der Waals surface area contributed by atoms with Crippen LogP contribution in [0.1, 0.15) is 418 Å². The number of rotatable bonds is 71. The number of aliphatic hydroxyl groups is 7. The Hall–Kier alpha value is -0.890. The number of carbonyl (C=O) groups excluding carboxylic acids is 1. The zero-order valence-corrected chi connectivity index (χ0v) is 58.5. The van der Waals surface area contributed by atoms with Crippen molar-refractivity contribution in [1.82, 2.24) is 5.32 Å². The van der Waals surface area contributed by atoms with Gasteiger partial charge in [-0.15, -0.1) is 0 Å². The summed E-state index contributed by atoms with van der Waals surface area (Å²) in [5.41, 5.74) is 0. The maximum absolute atomic E-state index is 13.3. The average Bonchev–Trinajstić information content (AvgIpc) is 2.78. The SMILES string of the molecule is CCCCCCCCCCCCCCCCCCCCCCCCCCCCCCCCCCCCCCC(O)C(=O)NC(COC1OC(CO)C(O)C(O)C1O)C(O)C(O)CCCCCCCCCCCCCCCCCCCCCCCCCCC. The summed E-state index contributed by atoms with van der Waals surface area (Å²) in [6.07, 6.45) is 70.8. The van der Waals surface area contributed by atoms with Gasteiger partial charge in [0, 0.05) is 0 Å². The van der Waals surface area contributed by atoms with E-state index >= 15 is 0 Å². The van der Waals surface area contributed by atoms with Crippen molar-refractivity contribution in [2.75, 3.05) is 13.2 Å². The molecule has 11 nitrogen and oxygen atoms in total. The van der Waals surface area contributed by atoms with Gasteiger partial charge in [-0.1, -0.05) is 406 Å². The number of carbonyl (C=O) groups is 1. The van der Waals surface area contributed by atoms with Crippen molar-refractivity contribution >= 4 is 5.91 Å². The molecule has 1 rings (SSSR count). The van der Waals surface area contributed by atoms with E-state index in [-0.39, 0.29) is 6.42 Å². The van der Waals surface area contributed by atoms with Gasteiger partial charge in [0.05, 0.1) is 25.4 Å². The minimum Gasteiger partial charge on any atom is -0.394 e. The first-order valence-corrected chi connectivity index (χ1v) is 39.4. The predicted octanol–water partition coefficient (Wildman–Crippen LogP) is 20.0. The van der Waals surface area contributed by atoms with Crippen LogP contribution in [0.4, 0.5) is 0 Å². The highest BCUT2D eigenvalue weighted by molar-refractivity contribution is 5.80.